The van der Waals surface area contributed by atoms with E-state index in [1.807, 2.05) is 24.3 Å². The summed E-state index contributed by atoms with van der Waals surface area (Å²) in [6.45, 7) is 0. The summed E-state index contributed by atoms with van der Waals surface area (Å²) in [6, 6.07) is 8.91. The lowest BCUT2D eigenvalue weighted by Crippen LogP contribution is -2.41. The van der Waals surface area contributed by atoms with Gasteiger partial charge in [0.05, 0.1) is 25.1 Å². The van der Waals surface area contributed by atoms with Crippen LogP contribution >= 0.6 is 0 Å². The van der Waals surface area contributed by atoms with E-state index in [-0.39, 0.29) is 17.3 Å². The molecule has 9 heteroatoms. The largest absolute Gasteiger partial charge is 0.493 e. The lowest BCUT2D eigenvalue weighted by atomic mass is 10.0. The van der Waals surface area contributed by atoms with E-state index in [9.17, 15) is 19.5 Å². The summed E-state index contributed by atoms with van der Waals surface area (Å²) in [4.78, 5) is 43.6. The standard InChI is InChI=1S/C21H19N3O6/c1-29-17-8-13-15(9-18(17)30-2)23-21(28)24(19(13)25)16(20(26)27)7-11-10-22-14-6-4-3-5-12(11)14/h3-6,8-10,16,22H,7H2,1-2H3,(H,23,28)(H,26,27). The van der Waals surface area contributed by atoms with Gasteiger partial charge >= 0.3 is 11.7 Å². The number of methoxy groups -OCH3 is 2. The Kier molecular flexibility index (Phi) is 4.78. The third-order valence-corrected chi connectivity index (χ3v) is 5.12. The first-order chi connectivity index (χ1) is 14.4. The summed E-state index contributed by atoms with van der Waals surface area (Å²) in [6.07, 6.45) is 1.65. The molecule has 3 N–H and O–H groups in total. The van der Waals surface area contributed by atoms with Crippen molar-refractivity contribution in [2.24, 2.45) is 0 Å². The molecule has 0 saturated heterocycles. The Morgan fingerprint density at radius 2 is 1.77 bits per heavy atom. The number of benzene rings is 2. The van der Waals surface area contributed by atoms with Crippen LogP contribution in [0.15, 0.2) is 52.2 Å². The van der Waals surface area contributed by atoms with Gasteiger partial charge in [0.2, 0.25) is 0 Å². The van der Waals surface area contributed by atoms with Crippen molar-refractivity contribution in [1.82, 2.24) is 14.5 Å². The zero-order chi connectivity index (χ0) is 21.4. The lowest BCUT2D eigenvalue weighted by Gasteiger charge is -2.16. The number of nitrogens with zero attached hydrogens (tertiary/aromatic N) is 1. The van der Waals surface area contributed by atoms with Gasteiger partial charge in [-0.1, -0.05) is 18.2 Å². The molecule has 2 aromatic heterocycles. The normalized spacial score (nSPS) is 12.2. The monoisotopic (exact) mass is 409 g/mol. The Labute approximate surface area is 169 Å². The molecule has 9 nitrogen and oxygen atoms in total. The van der Waals surface area contributed by atoms with Crippen LogP contribution in [-0.4, -0.2) is 39.8 Å². The van der Waals surface area contributed by atoms with Crippen molar-refractivity contribution < 1.29 is 19.4 Å². The van der Waals surface area contributed by atoms with E-state index in [1.54, 1.807) is 6.20 Å². The molecule has 0 fully saturated rings. The first kappa shape index (κ1) is 19.3. The quantitative estimate of drug-likeness (QED) is 0.447. The fourth-order valence-corrected chi connectivity index (χ4v) is 3.64. The minimum absolute atomic E-state index is 0.0405. The smallest absolute Gasteiger partial charge is 0.329 e. The van der Waals surface area contributed by atoms with Crippen molar-refractivity contribution in [3.63, 3.8) is 0 Å². The third kappa shape index (κ3) is 3.10. The van der Waals surface area contributed by atoms with Gasteiger partial charge in [0.15, 0.2) is 11.5 Å². The van der Waals surface area contributed by atoms with Crippen LogP contribution in [0.5, 0.6) is 11.5 Å². The maximum Gasteiger partial charge on any atom is 0.329 e. The Balaban J connectivity index is 1.89. The second-order valence-corrected chi connectivity index (χ2v) is 6.78. The van der Waals surface area contributed by atoms with Crippen LogP contribution in [0.3, 0.4) is 0 Å². The van der Waals surface area contributed by atoms with Gasteiger partial charge in [-0.05, 0) is 17.7 Å². The van der Waals surface area contributed by atoms with Gasteiger partial charge in [-0.3, -0.25) is 4.79 Å². The summed E-state index contributed by atoms with van der Waals surface area (Å²) in [5.74, 6) is -0.650. The molecule has 0 aliphatic carbocycles. The number of carboxylic acids is 1. The molecule has 0 amide bonds. The molecule has 4 rings (SSSR count). The van der Waals surface area contributed by atoms with E-state index in [0.29, 0.717) is 17.1 Å². The first-order valence-corrected chi connectivity index (χ1v) is 9.13. The number of aliphatic carboxylic acids is 1. The highest BCUT2D eigenvalue weighted by Gasteiger charge is 2.26. The molecule has 1 unspecified atom stereocenters. The zero-order valence-electron chi connectivity index (χ0n) is 16.3. The fraction of sp³-hybridized carbons (Fsp3) is 0.190. The predicted octanol–water partition coefficient (Wildman–Crippen LogP) is 2.06. The van der Waals surface area contributed by atoms with Crippen LogP contribution in [0.4, 0.5) is 0 Å². The number of aromatic amines is 2. The van der Waals surface area contributed by atoms with Gasteiger partial charge in [0.25, 0.3) is 5.56 Å². The van der Waals surface area contributed by atoms with Gasteiger partial charge in [-0.2, -0.15) is 0 Å². The number of ether oxygens (including phenoxy) is 2. The molecule has 0 bridgehead atoms. The highest BCUT2D eigenvalue weighted by Crippen LogP contribution is 2.30. The van der Waals surface area contributed by atoms with Crippen molar-refractivity contribution in [3.8, 4) is 11.5 Å². The number of para-hydroxylation sites is 1. The van der Waals surface area contributed by atoms with E-state index in [2.05, 4.69) is 9.97 Å². The molecule has 154 valence electrons. The van der Waals surface area contributed by atoms with Crippen LogP contribution < -0.4 is 20.7 Å². The average Bonchev–Trinajstić information content (AvgIpc) is 3.15. The Bertz CT molecular complexity index is 1380. The van der Waals surface area contributed by atoms with E-state index in [4.69, 9.17) is 9.47 Å². The van der Waals surface area contributed by atoms with Crippen molar-refractivity contribution in [1.29, 1.82) is 0 Å². The molecule has 30 heavy (non-hydrogen) atoms. The van der Waals surface area contributed by atoms with Gasteiger partial charge < -0.3 is 24.5 Å². The van der Waals surface area contributed by atoms with Gasteiger partial charge in [0, 0.05) is 29.6 Å². The number of aromatic nitrogens is 3. The summed E-state index contributed by atoms with van der Waals surface area (Å²) in [7, 11) is 2.86. The number of H-pyrrole nitrogens is 2. The average molecular weight is 409 g/mol. The molecule has 0 radical (unpaired) electrons. The number of fused-ring (bicyclic) bond motifs is 2. The maximum atomic E-state index is 13.1. The summed E-state index contributed by atoms with van der Waals surface area (Å²) >= 11 is 0. The second kappa shape index (κ2) is 7.43. The summed E-state index contributed by atoms with van der Waals surface area (Å²) in [5.41, 5.74) is 0.231. The first-order valence-electron chi connectivity index (χ1n) is 9.13. The molecule has 2 aromatic carbocycles. The van der Waals surface area contributed by atoms with E-state index in [0.717, 1.165) is 15.5 Å². The topological polar surface area (TPSA) is 126 Å². The van der Waals surface area contributed by atoms with Crippen molar-refractivity contribution in [3.05, 3.63) is 69.0 Å². The maximum absolute atomic E-state index is 13.1. The number of nitrogens with one attached hydrogen (secondary N) is 2. The van der Waals surface area contributed by atoms with Crippen LogP contribution in [0.25, 0.3) is 21.8 Å². The molecular formula is C21H19N3O6. The molecule has 4 aromatic rings. The lowest BCUT2D eigenvalue weighted by molar-refractivity contribution is -0.141. The number of carbonyl (C=O) groups is 1. The predicted molar refractivity (Wildman–Crippen MR) is 111 cm³/mol. The van der Waals surface area contributed by atoms with E-state index in [1.165, 1.54) is 26.4 Å². The molecule has 0 spiro atoms. The van der Waals surface area contributed by atoms with Crippen molar-refractivity contribution in [2.75, 3.05) is 14.2 Å². The Morgan fingerprint density at radius 1 is 1.07 bits per heavy atom. The molecule has 2 heterocycles. The van der Waals surface area contributed by atoms with Crippen molar-refractivity contribution >= 4 is 27.8 Å². The Morgan fingerprint density at radius 3 is 2.47 bits per heavy atom. The van der Waals surface area contributed by atoms with E-state index >= 15 is 0 Å². The number of hydrogen-bond acceptors (Lipinski definition) is 5. The molecular weight excluding hydrogens is 390 g/mol. The molecule has 1 atom stereocenters. The minimum Gasteiger partial charge on any atom is -0.493 e. The van der Waals surface area contributed by atoms with Gasteiger partial charge in [0.1, 0.15) is 6.04 Å². The molecule has 0 aliphatic heterocycles. The molecule has 0 aliphatic rings. The number of carboxylic acid groups (broad SMARTS) is 1. The van der Waals surface area contributed by atoms with Crippen LogP contribution in [0, 0.1) is 0 Å². The summed E-state index contributed by atoms with van der Waals surface area (Å²) < 4.78 is 11.2. The minimum atomic E-state index is -1.39. The zero-order valence-corrected chi connectivity index (χ0v) is 16.3. The second-order valence-electron chi connectivity index (χ2n) is 6.78. The fourth-order valence-electron chi connectivity index (χ4n) is 3.64. The molecule has 0 saturated carbocycles. The summed E-state index contributed by atoms with van der Waals surface area (Å²) in [5, 5.41) is 10.8. The highest BCUT2D eigenvalue weighted by atomic mass is 16.5. The SMILES string of the molecule is COc1cc2[nH]c(=O)n(C(Cc3c[nH]c4ccccc34)C(=O)O)c(=O)c2cc1OC. The third-order valence-electron chi connectivity index (χ3n) is 5.12. The van der Waals surface area contributed by atoms with Crippen LogP contribution in [0.2, 0.25) is 0 Å². The van der Waals surface area contributed by atoms with Crippen LogP contribution in [0.1, 0.15) is 11.6 Å². The van der Waals surface area contributed by atoms with Gasteiger partial charge in [-0.15, -0.1) is 0 Å². The van der Waals surface area contributed by atoms with Gasteiger partial charge in [-0.25, -0.2) is 14.2 Å². The van der Waals surface area contributed by atoms with Crippen LogP contribution in [-0.2, 0) is 11.2 Å². The highest BCUT2D eigenvalue weighted by molar-refractivity contribution is 5.85. The Hall–Kier alpha value is -4.01. The number of rotatable bonds is 6. The van der Waals surface area contributed by atoms with Crippen molar-refractivity contribution in [2.45, 2.75) is 12.5 Å². The van der Waals surface area contributed by atoms with E-state index < -0.39 is 23.3 Å². The number of hydrogen-bond donors (Lipinski definition) is 3.